The standard InChI is InChI=1S/C30H40N4O5S/c1-20(2)25-19-34-11-14-40(37,38)33(3)27-17-22(16-24(25)29(27)34)30(36)32-26(15-21-7-5-4-6-8-21)28(35)18-31-23-9-12-39-13-10-23/h4-8,16-17,19-20,23,26,28,31,35H,9-15,18H2,1-3H3,(H,32,36)/t26-,28+/m0/s1. The van der Waals surface area contributed by atoms with E-state index < -0.39 is 22.2 Å². The molecule has 40 heavy (non-hydrogen) atoms. The third-order valence-electron chi connectivity index (χ3n) is 8.13. The minimum Gasteiger partial charge on any atom is -0.390 e. The highest BCUT2D eigenvalue weighted by Crippen LogP contribution is 2.37. The van der Waals surface area contributed by atoms with E-state index in [1.165, 1.54) is 4.31 Å². The molecule has 1 saturated heterocycles. The van der Waals surface area contributed by atoms with Crippen LogP contribution in [0.15, 0.2) is 48.7 Å². The van der Waals surface area contributed by atoms with E-state index >= 15 is 0 Å². The maximum Gasteiger partial charge on any atom is 0.251 e. The minimum atomic E-state index is -3.53. The third-order valence-corrected chi connectivity index (χ3v) is 9.86. The number of hydrogen-bond acceptors (Lipinski definition) is 6. The Labute approximate surface area is 236 Å². The van der Waals surface area contributed by atoms with Gasteiger partial charge in [0.15, 0.2) is 0 Å². The fourth-order valence-corrected chi connectivity index (χ4v) is 6.83. The van der Waals surface area contributed by atoms with Gasteiger partial charge < -0.3 is 25.0 Å². The van der Waals surface area contributed by atoms with Crippen molar-refractivity contribution in [1.82, 2.24) is 15.2 Å². The first-order valence-corrected chi connectivity index (χ1v) is 15.7. The lowest BCUT2D eigenvalue weighted by molar-refractivity contribution is 0.0657. The molecule has 2 aliphatic heterocycles. The van der Waals surface area contributed by atoms with Crippen molar-refractivity contribution in [3.8, 4) is 0 Å². The second kappa shape index (κ2) is 11.9. The third kappa shape index (κ3) is 6.05. The van der Waals surface area contributed by atoms with Crippen molar-refractivity contribution in [3.63, 3.8) is 0 Å². The van der Waals surface area contributed by atoms with Crippen molar-refractivity contribution < 1.29 is 23.1 Å². The molecule has 1 aromatic heterocycles. The molecular weight excluding hydrogens is 528 g/mol. The number of carbonyl (C=O) groups is 1. The monoisotopic (exact) mass is 568 g/mol. The normalized spacial score (nSPS) is 19.0. The molecule has 2 atom stereocenters. The molecular formula is C30H40N4O5S. The molecule has 5 rings (SSSR count). The van der Waals surface area contributed by atoms with Gasteiger partial charge in [0.25, 0.3) is 5.91 Å². The smallest absolute Gasteiger partial charge is 0.251 e. The second-order valence-corrected chi connectivity index (χ2v) is 13.4. The van der Waals surface area contributed by atoms with E-state index in [0.29, 0.717) is 44.0 Å². The molecule has 2 aliphatic rings. The largest absolute Gasteiger partial charge is 0.390 e. The molecule has 3 aromatic rings. The summed E-state index contributed by atoms with van der Waals surface area (Å²) in [7, 11) is -1.98. The molecule has 3 heterocycles. The number of hydrogen-bond donors (Lipinski definition) is 3. The van der Waals surface area contributed by atoms with Crippen molar-refractivity contribution in [2.45, 2.75) is 63.8 Å². The van der Waals surface area contributed by atoms with Crippen LogP contribution in [0.25, 0.3) is 10.9 Å². The zero-order valence-electron chi connectivity index (χ0n) is 23.5. The molecule has 0 unspecified atom stereocenters. The summed E-state index contributed by atoms with van der Waals surface area (Å²) in [6.07, 6.45) is 3.42. The molecule has 1 amide bonds. The predicted molar refractivity (Wildman–Crippen MR) is 157 cm³/mol. The maximum atomic E-state index is 13.8. The molecule has 10 heteroatoms. The maximum absolute atomic E-state index is 13.8. The van der Waals surface area contributed by atoms with E-state index in [1.54, 1.807) is 13.1 Å². The van der Waals surface area contributed by atoms with Crippen LogP contribution in [0.4, 0.5) is 5.69 Å². The molecule has 1 fully saturated rings. The van der Waals surface area contributed by atoms with E-state index in [2.05, 4.69) is 24.5 Å². The van der Waals surface area contributed by atoms with Crippen molar-refractivity contribution in [3.05, 3.63) is 65.4 Å². The van der Waals surface area contributed by atoms with E-state index in [1.807, 2.05) is 47.2 Å². The van der Waals surface area contributed by atoms with Crippen LogP contribution in [-0.4, -0.2) is 74.7 Å². The van der Waals surface area contributed by atoms with Gasteiger partial charge in [0, 0.05) is 56.5 Å². The van der Waals surface area contributed by atoms with Gasteiger partial charge in [-0.05, 0) is 48.4 Å². The molecule has 0 saturated carbocycles. The number of aliphatic hydroxyl groups is 1. The molecule has 3 N–H and O–H groups in total. The molecule has 2 aromatic carbocycles. The van der Waals surface area contributed by atoms with Gasteiger partial charge in [-0.3, -0.25) is 9.10 Å². The number of anilines is 1. The summed E-state index contributed by atoms with van der Waals surface area (Å²) in [5.41, 5.74) is 3.76. The topological polar surface area (TPSA) is 113 Å². The number of carbonyl (C=O) groups excluding carboxylic acids is 1. The SMILES string of the molecule is CC(C)c1cn2c3c(cc(C(=O)N[C@@H](Cc4ccccc4)[C@H](O)CNC4CCOCC4)cc13)N(C)S(=O)(=O)CC2. The van der Waals surface area contributed by atoms with E-state index in [-0.39, 0.29) is 23.6 Å². The van der Waals surface area contributed by atoms with Gasteiger partial charge in [-0.2, -0.15) is 0 Å². The Bertz CT molecular complexity index is 1450. The van der Waals surface area contributed by atoms with Crippen LogP contribution in [0.2, 0.25) is 0 Å². The van der Waals surface area contributed by atoms with E-state index in [4.69, 9.17) is 4.74 Å². The summed E-state index contributed by atoms with van der Waals surface area (Å²) in [5.74, 6) is -0.159. The van der Waals surface area contributed by atoms with Crippen LogP contribution in [-0.2, 0) is 27.7 Å². The van der Waals surface area contributed by atoms with Gasteiger partial charge in [-0.1, -0.05) is 44.2 Å². The summed E-state index contributed by atoms with van der Waals surface area (Å²) < 4.78 is 34.6. The van der Waals surface area contributed by atoms with Gasteiger partial charge in [0.2, 0.25) is 10.0 Å². The minimum absolute atomic E-state index is 0.00745. The summed E-state index contributed by atoms with van der Waals surface area (Å²) >= 11 is 0. The van der Waals surface area contributed by atoms with Gasteiger partial charge in [-0.25, -0.2) is 8.42 Å². The van der Waals surface area contributed by atoms with Crippen molar-refractivity contribution >= 4 is 32.5 Å². The van der Waals surface area contributed by atoms with Crippen LogP contribution >= 0.6 is 0 Å². The summed E-state index contributed by atoms with van der Waals surface area (Å²) in [6, 6.07) is 13.0. The average molecular weight is 569 g/mol. The van der Waals surface area contributed by atoms with Crippen LogP contribution < -0.4 is 14.9 Å². The number of nitrogens with one attached hydrogen (secondary N) is 2. The van der Waals surface area contributed by atoms with Crippen LogP contribution in [0.1, 0.15) is 54.1 Å². The molecule has 0 radical (unpaired) electrons. The zero-order valence-corrected chi connectivity index (χ0v) is 24.3. The number of nitrogens with zero attached hydrogens (tertiary/aromatic N) is 2. The molecule has 9 nitrogen and oxygen atoms in total. The fraction of sp³-hybridized carbons (Fsp3) is 0.500. The summed E-state index contributed by atoms with van der Waals surface area (Å²) in [4.78, 5) is 13.8. The van der Waals surface area contributed by atoms with Crippen LogP contribution in [0.3, 0.4) is 0 Å². The highest BCUT2D eigenvalue weighted by Gasteiger charge is 2.30. The molecule has 0 spiro atoms. The van der Waals surface area contributed by atoms with E-state index in [9.17, 15) is 18.3 Å². The predicted octanol–water partition coefficient (Wildman–Crippen LogP) is 3.01. The zero-order chi connectivity index (χ0) is 28.4. The van der Waals surface area contributed by atoms with Crippen LogP contribution in [0.5, 0.6) is 0 Å². The quantitative estimate of drug-likeness (QED) is 0.366. The highest BCUT2D eigenvalue weighted by atomic mass is 32.2. The second-order valence-electron chi connectivity index (χ2n) is 11.2. The lowest BCUT2D eigenvalue weighted by Gasteiger charge is -2.28. The van der Waals surface area contributed by atoms with Gasteiger partial charge in [0.05, 0.1) is 29.1 Å². The Morgan fingerprint density at radius 1 is 1.15 bits per heavy atom. The van der Waals surface area contributed by atoms with E-state index in [0.717, 1.165) is 34.9 Å². The number of amides is 1. The highest BCUT2D eigenvalue weighted by molar-refractivity contribution is 7.92. The van der Waals surface area contributed by atoms with Crippen molar-refractivity contribution in [2.75, 3.05) is 36.9 Å². The number of ether oxygens (including phenoxy) is 1. The molecule has 0 aliphatic carbocycles. The first kappa shape index (κ1) is 28.6. The number of rotatable bonds is 9. The Balaban J connectivity index is 1.45. The Morgan fingerprint density at radius 2 is 1.88 bits per heavy atom. The fourth-order valence-electron chi connectivity index (χ4n) is 5.69. The Hall–Kier alpha value is -2.92. The number of aryl methyl sites for hydroxylation is 1. The van der Waals surface area contributed by atoms with Crippen LogP contribution in [0, 0.1) is 0 Å². The summed E-state index contributed by atoms with van der Waals surface area (Å²) in [5, 5.41) is 18.6. The first-order chi connectivity index (χ1) is 19.1. The summed E-state index contributed by atoms with van der Waals surface area (Å²) in [6.45, 7) is 6.29. The van der Waals surface area contributed by atoms with Gasteiger partial charge >= 0.3 is 0 Å². The number of aromatic nitrogens is 1. The lowest BCUT2D eigenvalue weighted by Crippen LogP contribution is -2.50. The molecule has 216 valence electrons. The number of sulfonamides is 1. The average Bonchev–Trinajstić information content (AvgIpc) is 3.29. The number of benzene rings is 2. The van der Waals surface area contributed by atoms with Crippen molar-refractivity contribution in [2.24, 2.45) is 0 Å². The number of aliphatic hydroxyl groups excluding tert-OH is 1. The molecule has 0 bridgehead atoms. The lowest BCUT2D eigenvalue weighted by atomic mass is 9.98. The first-order valence-electron chi connectivity index (χ1n) is 14.1. The van der Waals surface area contributed by atoms with Gasteiger partial charge in [0.1, 0.15) is 0 Å². The Morgan fingerprint density at radius 3 is 2.58 bits per heavy atom. The van der Waals surface area contributed by atoms with Crippen molar-refractivity contribution in [1.29, 1.82) is 0 Å². The van der Waals surface area contributed by atoms with Gasteiger partial charge in [-0.15, -0.1) is 0 Å². The Kier molecular flexibility index (Phi) is 8.51.